The van der Waals surface area contributed by atoms with E-state index in [2.05, 4.69) is 15.8 Å². The highest BCUT2D eigenvalue weighted by molar-refractivity contribution is 5.78. The Hall–Kier alpha value is -2.10. The Bertz CT molecular complexity index is 794. The van der Waals surface area contributed by atoms with Gasteiger partial charge in [-0.3, -0.25) is 15.0 Å². The van der Waals surface area contributed by atoms with Crippen molar-refractivity contribution in [3.63, 3.8) is 0 Å². The number of ether oxygens (including phenoxy) is 2. The standard InChI is InChI=1S/C22H31F2N3O4/c1-3-30-20(28)19-16(12-25-26-19)13-27-9-5-8-22(14-27,21(29)31-4-2)11-15-6-7-17(23)10-18(15)24/h6-7,10,16,19,25-26H,3-5,8-9,11-14H2,1-2H3. The zero-order valence-corrected chi connectivity index (χ0v) is 18.1. The van der Waals surface area contributed by atoms with E-state index >= 15 is 0 Å². The predicted octanol–water partition coefficient (Wildman–Crippen LogP) is 1.81. The van der Waals surface area contributed by atoms with Crippen LogP contribution in [0.5, 0.6) is 0 Å². The molecule has 9 heteroatoms. The third kappa shape index (κ3) is 5.58. The lowest BCUT2D eigenvalue weighted by molar-refractivity contribution is -0.159. The Morgan fingerprint density at radius 2 is 2.00 bits per heavy atom. The number of hydrogen-bond acceptors (Lipinski definition) is 7. The molecular weight excluding hydrogens is 408 g/mol. The van der Waals surface area contributed by atoms with Crippen molar-refractivity contribution in [1.29, 1.82) is 0 Å². The van der Waals surface area contributed by atoms with E-state index in [1.807, 2.05) is 0 Å². The van der Waals surface area contributed by atoms with Gasteiger partial charge in [0.15, 0.2) is 0 Å². The van der Waals surface area contributed by atoms with Crippen molar-refractivity contribution in [2.24, 2.45) is 11.3 Å². The highest BCUT2D eigenvalue weighted by Gasteiger charge is 2.45. The molecule has 0 aliphatic carbocycles. The Kier molecular flexibility index (Phi) is 7.96. The van der Waals surface area contributed by atoms with Gasteiger partial charge < -0.3 is 14.4 Å². The summed E-state index contributed by atoms with van der Waals surface area (Å²) in [6, 6.07) is 2.98. The van der Waals surface area contributed by atoms with E-state index < -0.39 is 23.1 Å². The lowest BCUT2D eigenvalue weighted by Gasteiger charge is -2.42. The topological polar surface area (TPSA) is 79.9 Å². The number of hydrogen-bond donors (Lipinski definition) is 2. The molecule has 1 aromatic rings. The minimum atomic E-state index is -0.925. The predicted molar refractivity (Wildman–Crippen MR) is 110 cm³/mol. The first-order valence-electron chi connectivity index (χ1n) is 10.9. The second kappa shape index (κ2) is 10.5. The number of carbonyl (C=O) groups is 2. The van der Waals surface area contributed by atoms with Crippen molar-refractivity contribution in [3.8, 4) is 0 Å². The number of nitrogens with one attached hydrogen (secondary N) is 2. The minimum Gasteiger partial charge on any atom is -0.466 e. The van der Waals surface area contributed by atoms with Crippen molar-refractivity contribution in [1.82, 2.24) is 15.8 Å². The first kappa shape index (κ1) is 23.6. The third-order valence-corrected chi connectivity index (χ3v) is 6.03. The van der Waals surface area contributed by atoms with Crippen molar-refractivity contribution in [2.75, 3.05) is 39.4 Å². The van der Waals surface area contributed by atoms with Gasteiger partial charge in [-0.2, -0.15) is 0 Å². The van der Waals surface area contributed by atoms with Gasteiger partial charge in [0.2, 0.25) is 0 Å². The van der Waals surface area contributed by atoms with Crippen molar-refractivity contribution in [2.45, 2.75) is 39.2 Å². The van der Waals surface area contributed by atoms with Crippen LogP contribution in [0.2, 0.25) is 0 Å². The largest absolute Gasteiger partial charge is 0.466 e. The number of esters is 2. The highest BCUT2D eigenvalue weighted by atomic mass is 19.1. The van der Waals surface area contributed by atoms with Crippen LogP contribution in [0.4, 0.5) is 8.78 Å². The molecule has 31 heavy (non-hydrogen) atoms. The fourth-order valence-electron chi connectivity index (χ4n) is 4.60. The van der Waals surface area contributed by atoms with Crippen molar-refractivity contribution < 1.29 is 27.8 Å². The molecule has 3 unspecified atom stereocenters. The van der Waals surface area contributed by atoms with Crippen LogP contribution in [0, 0.1) is 23.0 Å². The second-order valence-electron chi connectivity index (χ2n) is 8.27. The Morgan fingerprint density at radius 3 is 2.71 bits per heavy atom. The Labute approximate surface area is 181 Å². The molecule has 2 aliphatic heterocycles. The lowest BCUT2D eigenvalue weighted by Crippen LogP contribution is -2.52. The summed E-state index contributed by atoms with van der Waals surface area (Å²) < 4.78 is 38.3. The monoisotopic (exact) mass is 439 g/mol. The molecule has 3 atom stereocenters. The third-order valence-electron chi connectivity index (χ3n) is 6.03. The molecule has 2 saturated heterocycles. The average molecular weight is 440 g/mol. The van der Waals surface area contributed by atoms with Gasteiger partial charge in [-0.15, -0.1) is 0 Å². The van der Waals surface area contributed by atoms with Gasteiger partial charge in [0.25, 0.3) is 0 Å². The van der Waals surface area contributed by atoms with Crippen LogP contribution in [0.15, 0.2) is 18.2 Å². The Balaban J connectivity index is 1.77. The van der Waals surface area contributed by atoms with Crippen LogP contribution in [-0.4, -0.2) is 62.3 Å². The van der Waals surface area contributed by atoms with Crippen LogP contribution in [0.25, 0.3) is 0 Å². The number of rotatable bonds is 8. The molecule has 0 amide bonds. The van der Waals surface area contributed by atoms with Gasteiger partial charge in [-0.05, 0) is 51.3 Å². The average Bonchev–Trinajstić information content (AvgIpc) is 3.19. The molecule has 1 aromatic carbocycles. The SMILES string of the molecule is CCOC(=O)C1NNCC1CN1CCCC(Cc2ccc(F)cc2F)(C(=O)OCC)C1. The molecule has 0 bridgehead atoms. The molecule has 7 nitrogen and oxygen atoms in total. The number of benzene rings is 1. The summed E-state index contributed by atoms with van der Waals surface area (Å²) >= 11 is 0. The van der Waals surface area contributed by atoms with Crippen LogP contribution >= 0.6 is 0 Å². The molecule has 2 aliphatic rings. The van der Waals surface area contributed by atoms with E-state index in [1.165, 1.54) is 12.1 Å². The van der Waals surface area contributed by atoms with Crippen LogP contribution < -0.4 is 10.9 Å². The maximum absolute atomic E-state index is 14.4. The number of piperidine rings is 1. The summed E-state index contributed by atoms with van der Waals surface area (Å²) in [5.41, 5.74) is 5.35. The number of halogens is 2. The van der Waals surface area contributed by atoms with Crippen molar-refractivity contribution >= 4 is 11.9 Å². The molecule has 3 rings (SSSR count). The van der Waals surface area contributed by atoms with E-state index in [9.17, 15) is 18.4 Å². The summed E-state index contributed by atoms with van der Waals surface area (Å²) in [5.74, 6) is -2.01. The summed E-state index contributed by atoms with van der Waals surface area (Å²) in [5, 5.41) is 0. The van der Waals surface area contributed by atoms with Crippen LogP contribution in [0.1, 0.15) is 32.3 Å². The smallest absolute Gasteiger partial charge is 0.324 e. The molecule has 2 N–H and O–H groups in total. The molecular formula is C22H31F2N3O4. The minimum absolute atomic E-state index is 0.0281. The fourth-order valence-corrected chi connectivity index (χ4v) is 4.60. The summed E-state index contributed by atoms with van der Waals surface area (Å²) in [4.78, 5) is 27.4. The van der Waals surface area contributed by atoms with Gasteiger partial charge in [0.05, 0.1) is 18.6 Å². The van der Waals surface area contributed by atoms with Crippen LogP contribution in [-0.2, 0) is 25.5 Å². The molecule has 0 aromatic heterocycles. The van der Waals surface area contributed by atoms with Gasteiger partial charge in [-0.1, -0.05) is 6.07 Å². The molecule has 0 saturated carbocycles. The summed E-state index contributed by atoms with van der Waals surface area (Å²) in [7, 11) is 0. The molecule has 0 radical (unpaired) electrons. The first-order valence-corrected chi connectivity index (χ1v) is 10.9. The first-order chi connectivity index (χ1) is 14.9. The van der Waals surface area contributed by atoms with Gasteiger partial charge in [-0.25, -0.2) is 14.2 Å². The second-order valence-corrected chi connectivity index (χ2v) is 8.27. The molecule has 172 valence electrons. The van der Waals surface area contributed by atoms with Crippen molar-refractivity contribution in [3.05, 3.63) is 35.4 Å². The molecule has 2 fully saturated rings. The van der Waals surface area contributed by atoms with E-state index in [1.54, 1.807) is 13.8 Å². The van der Waals surface area contributed by atoms with Gasteiger partial charge in [0.1, 0.15) is 17.7 Å². The fraction of sp³-hybridized carbons (Fsp3) is 0.636. The maximum atomic E-state index is 14.4. The molecule has 2 heterocycles. The van der Waals surface area contributed by atoms with Gasteiger partial charge in [0, 0.05) is 31.6 Å². The van der Waals surface area contributed by atoms with E-state index in [0.29, 0.717) is 38.2 Å². The zero-order valence-electron chi connectivity index (χ0n) is 18.1. The van der Waals surface area contributed by atoms with E-state index in [0.717, 1.165) is 19.0 Å². The van der Waals surface area contributed by atoms with Gasteiger partial charge >= 0.3 is 11.9 Å². The van der Waals surface area contributed by atoms with Crippen LogP contribution in [0.3, 0.4) is 0 Å². The number of hydrazine groups is 1. The maximum Gasteiger partial charge on any atom is 0.324 e. The zero-order chi connectivity index (χ0) is 22.4. The summed E-state index contributed by atoms with van der Waals surface area (Å²) in [6.07, 6.45) is 1.43. The normalized spacial score (nSPS) is 26.6. The number of likely N-dealkylation sites (tertiary alicyclic amines) is 1. The molecule has 0 spiro atoms. The van der Waals surface area contributed by atoms with E-state index in [-0.39, 0.29) is 30.9 Å². The Morgan fingerprint density at radius 1 is 1.23 bits per heavy atom. The number of carbonyl (C=O) groups excluding carboxylic acids is 2. The van der Waals surface area contributed by atoms with E-state index in [4.69, 9.17) is 9.47 Å². The number of nitrogens with zero attached hydrogens (tertiary/aromatic N) is 1. The summed E-state index contributed by atoms with van der Waals surface area (Å²) in [6.45, 7) is 6.37. The lowest BCUT2D eigenvalue weighted by atomic mass is 9.74. The highest BCUT2D eigenvalue weighted by Crippen LogP contribution is 2.36. The quantitative estimate of drug-likeness (QED) is 0.598.